The number of hydrogen-bond donors (Lipinski definition) is 1. The molecule has 1 rings (SSSR count). The van der Waals surface area contributed by atoms with Crippen LogP contribution in [0.25, 0.3) is 0 Å². The van der Waals surface area contributed by atoms with E-state index in [0.717, 1.165) is 19.3 Å². The predicted octanol–water partition coefficient (Wildman–Crippen LogP) is 6.86. The SMILES string of the molecule is C.CCC/C=C/CCC.CCCC1NC(=O)C1CCC.S=CI. The molecule has 1 saturated heterocycles. The summed E-state index contributed by atoms with van der Waals surface area (Å²) >= 11 is 6.23. The van der Waals surface area contributed by atoms with Gasteiger partial charge < -0.3 is 5.32 Å². The number of carbonyl (C=O) groups excluding carboxylic acids is 1. The molecule has 0 radical (unpaired) electrons. The number of carbonyl (C=O) groups is 1. The summed E-state index contributed by atoms with van der Waals surface area (Å²) in [4.78, 5) is 11.0. The van der Waals surface area contributed by atoms with Gasteiger partial charge >= 0.3 is 0 Å². The molecule has 2 atom stereocenters. The fraction of sp³-hybridized carbons (Fsp3) is 0.789. The minimum Gasteiger partial charge on any atom is -0.352 e. The first kappa shape index (κ1) is 27.9. The van der Waals surface area contributed by atoms with Gasteiger partial charge in [0.15, 0.2) is 0 Å². The average Bonchev–Trinajstić information content (AvgIpc) is 2.51. The average molecular weight is 455 g/mol. The lowest BCUT2D eigenvalue weighted by molar-refractivity contribution is -0.135. The Balaban J connectivity index is -0.000000297. The number of rotatable bonds is 8. The minimum atomic E-state index is 0. The molecule has 4 heteroatoms. The summed E-state index contributed by atoms with van der Waals surface area (Å²) in [5.41, 5.74) is 0. The molecule has 2 unspecified atom stereocenters. The fourth-order valence-electron chi connectivity index (χ4n) is 2.27. The number of unbranched alkanes of at least 4 members (excludes halogenated alkanes) is 2. The summed E-state index contributed by atoms with van der Waals surface area (Å²) in [7, 11) is 0. The van der Waals surface area contributed by atoms with E-state index in [0.29, 0.717) is 12.0 Å². The molecule has 1 aliphatic rings. The van der Waals surface area contributed by atoms with Crippen LogP contribution in [-0.2, 0) is 4.79 Å². The van der Waals surface area contributed by atoms with Crippen molar-refractivity contribution in [3.05, 3.63) is 12.2 Å². The highest BCUT2D eigenvalue weighted by molar-refractivity contribution is 14.1. The summed E-state index contributed by atoms with van der Waals surface area (Å²) in [5, 5.41) is 2.94. The van der Waals surface area contributed by atoms with Crippen molar-refractivity contribution in [3.63, 3.8) is 0 Å². The lowest BCUT2D eigenvalue weighted by Gasteiger charge is -2.36. The van der Waals surface area contributed by atoms with Gasteiger partial charge in [0.25, 0.3) is 0 Å². The molecule has 1 N–H and O–H groups in total. The van der Waals surface area contributed by atoms with E-state index in [9.17, 15) is 4.79 Å². The van der Waals surface area contributed by atoms with Crippen LogP contribution in [0.4, 0.5) is 0 Å². The van der Waals surface area contributed by atoms with E-state index < -0.39 is 0 Å². The summed E-state index contributed by atoms with van der Waals surface area (Å²) in [6, 6.07) is 0.493. The second kappa shape index (κ2) is 22.0. The number of halogens is 1. The zero-order chi connectivity index (χ0) is 17.2. The van der Waals surface area contributed by atoms with Crippen molar-refractivity contribution < 1.29 is 4.79 Å². The first-order valence-corrected chi connectivity index (χ1v) is 10.3. The molecule has 1 aliphatic heterocycles. The van der Waals surface area contributed by atoms with Crippen molar-refractivity contribution in [2.75, 3.05) is 0 Å². The quantitative estimate of drug-likeness (QED) is 0.142. The third-order valence-electron chi connectivity index (χ3n) is 3.43. The molecule has 2 nitrogen and oxygen atoms in total. The standard InChI is InChI=1S/C9H17NO.C8H16.CHIS.CH4/c1-3-5-7-8(6-4-2)10-9(7)11;1-3-5-7-8-6-4-2;2-1-3;/h7-8H,3-6H2,1-2H3,(H,10,11);7-8H,3-6H2,1-2H3;1H;1H4/b;8-7+;;. The van der Waals surface area contributed by atoms with Crippen molar-refractivity contribution in [1.29, 1.82) is 0 Å². The molecule has 0 aromatic carbocycles. The summed E-state index contributed by atoms with van der Waals surface area (Å²) < 4.78 is 1.55. The van der Waals surface area contributed by atoms with Gasteiger partial charge in [-0.3, -0.25) is 4.79 Å². The Labute approximate surface area is 164 Å². The topological polar surface area (TPSA) is 29.1 Å². The fourth-order valence-corrected chi connectivity index (χ4v) is 2.27. The molecule has 0 saturated carbocycles. The van der Waals surface area contributed by atoms with Crippen LogP contribution in [0.2, 0.25) is 0 Å². The Bertz CT molecular complexity index is 287. The largest absolute Gasteiger partial charge is 0.352 e. The van der Waals surface area contributed by atoms with E-state index in [1.807, 2.05) is 22.6 Å². The first-order chi connectivity index (χ1) is 10.6. The highest BCUT2D eigenvalue weighted by Crippen LogP contribution is 2.23. The molecule has 1 amide bonds. The molecular formula is C19H38INOS. The van der Waals surface area contributed by atoms with E-state index in [1.165, 1.54) is 32.1 Å². The molecule has 0 aromatic rings. The van der Waals surface area contributed by atoms with Gasteiger partial charge in [0, 0.05) is 9.42 Å². The lowest BCUT2D eigenvalue weighted by atomic mass is 9.84. The van der Waals surface area contributed by atoms with Crippen LogP contribution in [0.1, 0.15) is 86.5 Å². The molecule has 1 fully saturated rings. The van der Waals surface area contributed by atoms with Gasteiger partial charge in [-0.05, 0) is 48.3 Å². The Morgan fingerprint density at radius 3 is 1.74 bits per heavy atom. The number of thiocarbonyl (C=S) groups is 1. The van der Waals surface area contributed by atoms with E-state index >= 15 is 0 Å². The molecule has 0 bridgehead atoms. The van der Waals surface area contributed by atoms with Gasteiger partial charge in [-0.25, -0.2) is 0 Å². The maximum Gasteiger partial charge on any atom is 0.225 e. The van der Waals surface area contributed by atoms with Gasteiger partial charge in [0.2, 0.25) is 5.91 Å². The van der Waals surface area contributed by atoms with Crippen LogP contribution in [-0.4, -0.2) is 15.3 Å². The molecule has 138 valence electrons. The Kier molecular flexibility index (Phi) is 26.7. The van der Waals surface area contributed by atoms with E-state index in [2.05, 4.69) is 57.4 Å². The van der Waals surface area contributed by atoms with Gasteiger partial charge in [-0.1, -0.05) is 85.2 Å². The first-order valence-electron chi connectivity index (χ1n) is 8.61. The maximum absolute atomic E-state index is 11.0. The van der Waals surface area contributed by atoms with Crippen molar-refractivity contribution >= 4 is 44.1 Å². The third-order valence-corrected chi connectivity index (χ3v) is 3.43. The van der Waals surface area contributed by atoms with Crippen LogP contribution in [0.15, 0.2) is 12.2 Å². The van der Waals surface area contributed by atoms with E-state index in [1.54, 1.807) is 3.37 Å². The zero-order valence-electron chi connectivity index (χ0n) is 14.7. The van der Waals surface area contributed by atoms with Crippen LogP contribution in [0, 0.1) is 5.92 Å². The second-order valence-corrected chi connectivity index (χ2v) is 7.14. The molecular weight excluding hydrogens is 417 g/mol. The van der Waals surface area contributed by atoms with E-state index in [-0.39, 0.29) is 13.3 Å². The molecule has 0 aliphatic carbocycles. The molecule has 23 heavy (non-hydrogen) atoms. The third kappa shape index (κ3) is 16.7. The minimum absolute atomic E-state index is 0. The van der Waals surface area contributed by atoms with Gasteiger partial charge in [-0.15, -0.1) is 0 Å². The molecule has 0 aromatic heterocycles. The number of nitrogens with one attached hydrogen (secondary N) is 1. The van der Waals surface area contributed by atoms with Crippen molar-refractivity contribution in [2.45, 2.75) is 92.5 Å². The summed E-state index contributed by atoms with van der Waals surface area (Å²) in [6.45, 7) is 8.70. The highest BCUT2D eigenvalue weighted by Gasteiger charge is 2.36. The van der Waals surface area contributed by atoms with E-state index in [4.69, 9.17) is 0 Å². The van der Waals surface area contributed by atoms with Gasteiger partial charge in [0.1, 0.15) is 0 Å². The van der Waals surface area contributed by atoms with Crippen molar-refractivity contribution in [3.8, 4) is 0 Å². The Morgan fingerprint density at radius 2 is 1.43 bits per heavy atom. The van der Waals surface area contributed by atoms with Gasteiger partial charge in [-0.2, -0.15) is 0 Å². The smallest absolute Gasteiger partial charge is 0.225 e. The monoisotopic (exact) mass is 455 g/mol. The maximum atomic E-state index is 11.0. The van der Waals surface area contributed by atoms with Crippen molar-refractivity contribution in [1.82, 2.24) is 5.32 Å². The number of amides is 1. The van der Waals surface area contributed by atoms with Crippen LogP contribution in [0.3, 0.4) is 0 Å². The number of allylic oxidation sites excluding steroid dienone is 2. The van der Waals surface area contributed by atoms with Crippen LogP contribution < -0.4 is 5.32 Å². The number of β-lactam (4-membered cyclic amide) rings is 1. The summed E-state index contributed by atoms with van der Waals surface area (Å²) in [5.74, 6) is 0.602. The lowest BCUT2D eigenvalue weighted by Crippen LogP contribution is -2.57. The normalized spacial score (nSPS) is 18.4. The van der Waals surface area contributed by atoms with Crippen molar-refractivity contribution in [2.24, 2.45) is 5.92 Å². The van der Waals surface area contributed by atoms with Crippen LogP contribution in [0.5, 0.6) is 0 Å². The summed E-state index contributed by atoms with van der Waals surface area (Å²) in [6.07, 6.45) is 14.1. The zero-order valence-corrected chi connectivity index (χ0v) is 17.7. The predicted molar refractivity (Wildman–Crippen MR) is 119 cm³/mol. The Hall–Kier alpha value is 0.0300. The van der Waals surface area contributed by atoms with Gasteiger partial charge in [0.05, 0.1) is 5.92 Å². The molecule has 1 heterocycles. The Morgan fingerprint density at radius 1 is 1.00 bits per heavy atom. The van der Waals surface area contributed by atoms with Crippen LogP contribution >= 0.6 is 34.8 Å². The number of hydrogen-bond acceptors (Lipinski definition) is 2. The second-order valence-electron chi connectivity index (χ2n) is 5.44. The highest BCUT2D eigenvalue weighted by atomic mass is 127. The molecule has 0 spiro atoms.